The second kappa shape index (κ2) is 6.22. The van der Waals surface area contributed by atoms with E-state index in [1.807, 2.05) is 29.0 Å². The molecule has 3 heterocycles. The van der Waals surface area contributed by atoms with E-state index < -0.39 is 10.8 Å². The minimum Gasteiger partial charge on any atom is -0.476 e. The molecule has 0 aliphatic carbocycles. The van der Waals surface area contributed by atoms with Gasteiger partial charge < -0.3 is 19.7 Å². The number of nitro groups is 1. The number of pyridine rings is 1. The maximum absolute atomic E-state index is 10.7. The fourth-order valence-electron chi connectivity index (χ4n) is 2.23. The lowest BCUT2D eigenvalue weighted by atomic mass is 10.3. The fraction of sp³-hybridized carbons (Fsp3) is 0.133. The molecule has 2 aromatic rings. The Bertz CT molecular complexity index is 871. The molecule has 0 radical (unpaired) electrons. The van der Waals surface area contributed by atoms with Gasteiger partial charge >= 0.3 is 5.88 Å². The van der Waals surface area contributed by atoms with E-state index >= 15 is 0 Å². The predicted molar refractivity (Wildman–Crippen MR) is 82.1 cm³/mol. The largest absolute Gasteiger partial charge is 0.476 e. The number of allylic oxidation sites excluding steroid dienone is 1. The van der Waals surface area contributed by atoms with Gasteiger partial charge in [0.05, 0.1) is 11.9 Å². The van der Waals surface area contributed by atoms with Crippen LogP contribution in [0.1, 0.15) is 0 Å². The summed E-state index contributed by atoms with van der Waals surface area (Å²) in [5, 5.41) is 24.5. The van der Waals surface area contributed by atoms with E-state index in [9.17, 15) is 15.2 Å². The molecule has 3 rings (SSSR count). The van der Waals surface area contributed by atoms with Crippen LogP contribution >= 0.6 is 0 Å². The van der Waals surface area contributed by atoms with Gasteiger partial charge in [-0.3, -0.25) is 10.1 Å². The first kappa shape index (κ1) is 14.6. The van der Waals surface area contributed by atoms with Crippen molar-refractivity contribution >= 4 is 12.3 Å². The lowest BCUT2D eigenvalue weighted by molar-refractivity contribution is -0.459. The Morgan fingerprint density at radius 2 is 2.30 bits per heavy atom. The summed E-state index contributed by atoms with van der Waals surface area (Å²) in [4.78, 5) is 13.9. The first-order valence-electron chi connectivity index (χ1n) is 6.90. The van der Waals surface area contributed by atoms with Crippen molar-refractivity contribution in [3.63, 3.8) is 0 Å². The smallest absolute Gasteiger partial charge is 0.449 e. The van der Waals surface area contributed by atoms with Gasteiger partial charge in [-0.05, 0) is 18.2 Å². The quantitative estimate of drug-likeness (QED) is 0.460. The lowest BCUT2D eigenvalue weighted by Crippen LogP contribution is -2.36. The maximum Gasteiger partial charge on any atom is 0.449 e. The molecular formula is C15H14N4O4. The van der Waals surface area contributed by atoms with E-state index in [0.29, 0.717) is 19.0 Å². The molecule has 0 spiro atoms. The van der Waals surface area contributed by atoms with Crippen molar-refractivity contribution in [1.82, 2.24) is 14.9 Å². The number of rotatable bonds is 5. The van der Waals surface area contributed by atoms with Crippen molar-refractivity contribution in [3.05, 3.63) is 68.9 Å². The number of aromatic nitrogens is 2. The molecule has 8 heteroatoms. The van der Waals surface area contributed by atoms with Crippen LogP contribution in [0.5, 0.6) is 5.88 Å². The summed E-state index contributed by atoms with van der Waals surface area (Å²) in [6.45, 7) is 0.947. The van der Waals surface area contributed by atoms with Gasteiger partial charge in [-0.15, -0.1) is 0 Å². The highest BCUT2D eigenvalue weighted by Crippen LogP contribution is 2.04. The zero-order valence-corrected chi connectivity index (χ0v) is 12.0. The van der Waals surface area contributed by atoms with Crippen LogP contribution in [-0.2, 0) is 6.54 Å². The minimum atomic E-state index is -0.913. The average molecular weight is 314 g/mol. The minimum absolute atomic E-state index is 0.0492. The van der Waals surface area contributed by atoms with Crippen molar-refractivity contribution in [3.8, 4) is 5.88 Å². The Morgan fingerprint density at radius 3 is 3.04 bits per heavy atom. The first-order valence-corrected chi connectivity index (χ1v) is 6.90. The highest BCUT2D eigenvalue weighted by atomic mass is 16.7. The Labute approximate surface area is 130 Å². The highest BCUT2D eigenvalue weighted by molar-refractivity contribution is 5.52. The van der Waals surface area contributed by atoms with Gasteiger partial charge in [0.2, 0.25) is 5.88 Å². The molecule has 8 nitrogen and oxygen atoms in total. The fourth-order valence-corrected chi connectivity index (χ4v) is 2.23. The van der Waals surface area contributed by atoms with Crippen molar-refractivity contribution in [1.29, 1.82) is 0 Å². The van der Waals surface area contributed by atoms with Gasteiger partial charge in [-0.25, -0.2) is 4.98 Å². The second-order valence-electron chi connectivity index (χ2n) is 4.79. The Hall–Kier alpha value is -3.29. The SMILES string of the molecule is O=[N+]([O-])C(O)=C1C=c2c(ccn2CCOc2ccccn2)=CN1. The van der Waals surface area contributed by atoms with Crippen LogP contribution < -0.4 is 20.6 Å². The summed E-state index contributed by atoms with van der Waals surface area (Å²) in [7, 11) is 0. The number of nitrogens with zero attached hydrogens (tertiary/aromatic N) is 3. The maximum atomic E-state index is 10.7. The summed E-state index contributed by atoms with van der Waals surface area (Å²) in [6.07, 6.45) is 6.65. The number of ether oxygens (including phenoxy) is 1. The van der Waals surface area contributed by atoms with Crippen LogP contribution in [0, 0.1) is 10.1 Å². The summed E-state index contributed by atoms with van der Waals surface area (Å²) in [5.74, 6) is -0.373. The molecule has 0 aromatic carbocycles. The van der Waals surface area contributed by atoms with Gasteiger partial charge in [0, 0.05) is 29.9 Å². The van der Waals surface area contributed by atoms with E-state index in [1.165, 1.54) is 6.08 Å². The number of hydrogen-bond donors (Lipinski definition) is 2. The van der Waals surface area contributed by atoms with E-state index in [1.54, 1.807) is 18.5 Å². The molecule has 0 amide bonds. The van der Waals surface area contributed by atoms with Crippen molar-refractivity contribution < 1.29 is 14.8 Å². The summed E-state index contributed by atoms with van der Waals surface area (Å²) in [6, 6.07) is 7.29. The Balaban J connectivity index is 1.79. The molecule has 0 saturated carbocycles. The molecule has 0 bridgehead atoms. The monoisotopic (exact) mass is 314 g/mol. The van der Waals surface area contributed by atoms with Gasteiger partial charge in [-0.1, -0.05) is 6.07 Å². The molecule has 23 heavy (non-hydrogen) atoms. The zero-order valence-electron chi connectivity index (χ0n) is 12.0. The molecule has 0 atom stereocenters. The highest BCUT2D eigenvalue weighted by Gasteiger charge is 2.16. The number of nitrogens with one attached hydrogen (secondary N) is 1. The zero-order chi connectivity index (χ0) is 16.2. The van der Waals surface area contributed by atoms with Crippen LogP contribution in [0.3, 0.4) is 0 Å². The molecule has 2 N–H and O–H groups in total. The summed E-state index contributed by atoms with van der Waals surface area (Å²) >= 11 is 0. The van der Waals surface area contributed by atoms with E-state index in [4.69, 9.17) is 4.74 Å². The number of aliphatic hydroxyl groups excluding tert-OH is 1. The van der Waals surface area contributed by atoms with Gasteiger partial charge in [0.15, 0.2) is 5.70 Å². The van der Waals surface area contributed by atoms with Crippen LogP contribution in [0.2, 0.25) is 0 Å². The summed E-state index contributed by atoms with van der Waals surface area (Å²) < 4.78 is 7.43. The van der Waals surface area contributed by atoms with E-state index in [0.717, 1.165) is 10.6 Å². The summed E-state index contributed by atoms with van der Waals surface area (Å²) in [5.41, 5.74) is 0.0492. The third-order valence-electron chi connectivity index (χ3n) is 3.34. The van der Waals surface area contributed by atoms with Crippen molar-refractivity contribution in [2.24, 2.45) is 0 Å². The van der Waals surface area contributed by atoms with Crippen molar-refractivity contribution in [2.45, 2.75) is 6.54 Å². The standard InChI is InChI=1S/C15H14N4O4/c20-15(19(21)22)12-9-13-11(10-17-12)4-6-18(13)7-8-23-14-3-1-2-5-16-14/h1-6,9-10,17,20H,7-8H2. The third kappa shape index (κ3) is 3.15. The second-order valence-corrected chi connectivity index (χ2v) is 4.79. The first-order chi connectivity index (χ1) is 11.1. The van der Waals surface area contributed by atoms with E-state index in [2.05, 4.69) is 10.3 Å². The Kier molecular flexibility index (Phi) is 3.96. The molecule has 1 aliphatic rings. The van der Waals surface area contributed by atoms with Crippen molar-refractivity contribution in [2.75, 3.05) is 6.61 Å². The van der Waals surface area contributed by atoms with Gasteiger partial charge in [-0.2, -0.15) is 0 Å². The van der Waals surface area contributed by atoms with Crippen LogP contribution in [0.25, 0.3) is 12.3 Å². The molecule has 0 saturated heterocycles. The van der Waals surface area contributed by atoms with E-state index in [-0.39, 0.29) is 5.70 Å². The average Bonchev–Trinajstić information content (AvgIpc) is 2.97. The molecule has 0 unspecified atom stereocenters. The molecular weight excluding hydrogens is 300 g/mol. The predicted octanol–water partition coefficient (Wildman–Crippen LogP) is 0.0876. The Morgan fingerprint density at radius 1 is 1.43 bits per heavy atom. The number of hydrogen-bond acceptors (Lipinski definition) is 6. The van der Waals surface area contributed by atoms with Gasteiger partial charge in [0.25, 0.3) is 0 Å². The molecule has 1 aliphatic heterocycles. The number of fused-ring (bicyclic) bond motifs is 1. The normalized spacial score (nSPS) is 14.8. The topological polar surface area (TPSA) is 102 Å². The molecule has 118 valence electrons. The lowest BCUT2D eigenvalue weighted by Gasteiger charge is -2.09. The van der Waals surface area contributed by atoms with Crippen LogP contribution in [0.15, 0.2) is 48.2 Å². The van der Waals surface area contributed by atoms with Gasteiger partial charge in [0.1, 0.15) is 11.5 Å². The molecule has 2 aromatic heterocycles. The molecule has 0 fully saturated rings. The number of aliphatic hydroxyl groups is 1. The van der Waals surface area contributed by atoms with Crippen LogP contribution in [0.4, 0.5) is 0 Å². The third-order valence-corrected chi connectivity index (χ3v) is 3.34. The van der Waals surface area contributed by atoms with Crippen LogP contribution in [-0.4, -0.2) is 26.2 Å².